The molecule has 1 aliphatic carbocycles. The van der Waals surface area contributed by atoms with E-state index in [9.17, 15) is 4.79 Å². The van der Waals surface area contributed by atoms with E-state index in [1.807, 2.05) is 52.8 Å². The lowest BCUT2D eigenvalue weighted by Gasteiger charge is -2.01. The lowest BCUT2D eigenvalue weighted by Crippen LogP contribution is -2.17. The fraction of sp³-hybridized carbons (Fsp3) is 0.278. The predicted molar refractivity (Wildman–Crippen MR) is 93.0 cm³/mol. The molecule has 0 saturated heterocycles. The molecule has 7 heteroatoms. The number of aryl methyl sites for hydroxylation is 1. The molecule has 0 aliphatic heterocycles. The summed E-state index contributed by atoms with van der Waals surface area (Å²) in [5.41, 5.74) is 3.35. The number of fused-ring (bicyclic) bond motifs is 1. The van der Waals surface area contributed by atoms with Crippen molar-refractivity contribution < 1.29 is 4.52 Å². The number of imidazole rings is 1. The minimum atomic E-state index is -0.0606. The molecular formula is C18H17N5O2. The summed E-state index contributed by atoms with van der Waals surface area (Å²) in [6.07, 6.45) is 6.29. The summed E-state index contributed by atoms with van der Waals surface area (Å²) in [5.74, 6) is 1.63. The molecule has 3 aromatic heterocycles. The van der Waals surface area contributed by atoms with Crippen molar-refractivity contribution in [1.29, 1.82) is 0 Å². The molecular weight excluding hydrogens is 318 g/mol. The van der Waals surface area contributed by atoms with Crippen LogP contribution in [0, 0.1) is 5.92 Å². The Bertz CT molecular complexity index is 1130. The first-order valence-corrected chi connectivity index (χ1v) is 8.36. The summed E-state index contributed by atoms with van der Waals surface area (Å²) in [4.78, 5) is 19.6. The van der Waals surface area contributed by atoms with Crippen LogP contribution in [0.4, 0.5) is 0 Å². The van der Waals surface area contributed by atoms with Crippen molar-refractivity contribution in [2.45, 2.75) is 19.4 Å². The molecule has 7 nitrogen and oxygen atoms in total. The normalized spacial score (nSPS) is 14.4. The van der Waals surface area contributed by atoms with Gasteiger partial charge in [0, 0.05) is 37.1 Å². The highest BCUT2D eigenvalue weighted by Gasteiger charge is 2.23. The van der Waals surface area contributed by atoms with Gasteiger partial charge in [-0.1, -0.05) is 5.16 Å². The molecule has 0 spiro atoms. The number of nitrogens with zero attached hydrogens (tertiary/aromatic N) is 4. The zero-order chi connectivity index (χ0) is 17.0. The van der Waals surface area contributed by atoms with Crippen molar-refractivity contribution in [3.8, 4) is 22.8 Å². The highest BCUT2D eigenvalue weighted by molar-refractivity contribution is 5.80. The smallest absolute Gasteiger partial charge is 0.326 e. The maximum Gasteiger partial charge on any atom is 0.326 e. The molecule has 1 saturated carbocycles. The number of rotatable bonds is 4. The highest BCUT2D eigenvalue weighted by Crippen LogP contribution is 2.31. The lowest BCUT2D eigenvalue weighted by atomic mass is 10.2. The van der Waals surface area contributed by atoms with Crippen molar-refractivity contribution in [3.63, 3.8) is 0 Å². The largest absolute Gasteiger partial charge is 0.357 e. The van der Waals surface area contributed by atoms with Crippen molar-refractivity contribution in [1.82, 2.24) is 24.3 Å². The van der Waals surface area contributed by atoms with Crippen LogP contribution in [0.25, 0.3) is 33.9 Å². The lowest BCUT2D eigenvalue weighted by molar-refractivity contribution is 0.432. The fourth-order valence-electron chi connectivity index (χ4n) is 3.13. The van der Waals surface area contributed by atoms with Crippen molar-refractivity contribution in [3.05, 3.63) is 47.1 Å². The molecule has 1 fully saturated rings. The molecule has 0 unspecified atom stereocenters. The van der Waals surface area contributed by atoms with Crippen molar-refractivity contribution >= 4 is 11.0 Å². The highest BCUT2D eigenvalue weighted by atomic mass is 16.5. The molecule has 4 aromatic rings. The third kappa shape index (κ3) is 2.48. The van der Waals surface area contributed by atoms with Crippen LogP contribution >= 0.6 is 0 Å². The van der Waals surface area contributed by atoms with Gasteiger partial charge in [-0.3, -0.25) is 4.57 Å². The Morgan fingerprint density at radius 2 is 2.16 bits per heavy atom. The quantitative estimate of drug-likeness (QED) is 0.622. The molecule has 25 heavy (non-hydrogen) atoms. The van der Waals surface area contributed by atoms with Gasteiger partial charge >= 0.3 is 5.69 Å². The van der Waals surface area contributed by atoms with Gasteiger partial charge in [0.1, 0.15) is 0 Å². The Morgan fingerprint density at radius 1 is 1.28 bits per heavy atom. The number of hydrogen-bond acceptors (Lipinski definition) is 4. The first-order valence-electron chi connectivity index (χ1n) is 8.36. The Hall–Kier alpha value is -3.09. The second-order valence-corrected chi connectivity index (χ2v) is 6.70. The number of H-pyrrole nitrogens is 1. The summed E-state index contributed by atoms with van der Waals surface area (Å²) in [6.45, 7) is 0.789. The number of hydrogen-bond donors (Lipinski definition) is 1. The van der Waals surface area contributed by atoms with Gasteiger partial charge in [0.05, 0.1) is 11.0 Å². The predicted octanol–water partition coefficient (Wildman–Crippen LogP) is 2.80. The standard InChI is InChI=1S/C18H17N5O2/c1-22-7-6-13(10-22)16-20-17(25-21-16)12-4-5-15-14(8-12)19-18(24)23(15)9-11-2-3-11/h4-8,10-11H,2-3,9H2,1H3,(H,19,24). The maximum atomic E-state index is 12.2. The molecule has 3 heterocycles. The Kier molecular flexibility index (Phi) is 2.97. The number of aromatic nitrogens is 5. The number of nitrogens with one attached hydrogen (secondary N) is 1. The van der Waals surface area contributed by atoms with Gasteiger partial charge in [0.15, 0.2) is 0 Å². The van der Waals surface area contributed by atoms with Gasteiger partial charge in [-0.25, -0.2) is 4.79 Å². The van der Waals surface area contributed by atoms with Crippen LogP contribution in [0.1, 0.15) is 12.8 Å². The summed E-state index contributed by atoms with van der Waals surface area (Å²) in [5, 5.41) is 4.05. The zero-order valence-electron chi connectivity index (χ0n) is 13.8. The monoisotopic (exact) mass is 335 g/mol. The van der Waals surface area contributed by atoms with E-state index in [1.54, 1.807) is 0 Å². The molecule has 0 amide bonds. The molecule has 0 bridgehead atoms. The maximum absolute atomic E-state index is 12.2. The van der Waals surface area contributed by atoms with E-state index in [2.05, 4.69) is 15.1 Å². The van der Waals surface area contributed by atoms with Crippen LogP contribution in [0.5, 0.6) is 0 Å². The van der Waals surface area contributed by atoms with Crippen LogP contribution in [0.2, 0.25) is 0 Å². The van der Waals surface area contributed by atoms with Crippen LogP contribution in [-0.2, 0) is 13.6 Å². The summed E-state index contributed by atoms with van der Waals surface area (Å²) in [7, 11) is 1.95. The topological polar surface area (TPSA) is 81.6 Å². The molecule has 1 aliphatic rings. The SMILES string of the molecule is Cn1ccc(-c2noc(-c3ccc4c(c3)[nH]c(=O)n4CC3CC3)n2)c1. The number of benzene rings is 1. The second kappa shape index (κ2) is 5.20. The molecule has 0 atom stereocenters. The van der Waals surface area contributed by atoms with Gasteiger partial charge in [-0.15, -0.1) is 0 Å². The third-order valence-corrected chi connectivity index (χ3v) is 4.67. The van der Waals surface area contributed by atoms with Crippen molar-refractivity contribution in [2.24, 2.45) is 13.0 Å². The minimum Gasteiger partial charge on any atom is -0.357 e. The van der Waals surface area contributed by atoms with E-state index in [-0.39, 0.29) is 5.69 Å². The van der Waals surface area contributed by atoms with E-state index in [0.717, 1.165) is 28.7 Å². The van der Waals surface area contributed by atoms with Gasteiger partial charge in [0.2, 0.25) is 5.82 Å². The zero-order valence-corrected chi connectivity index (χ0v) is 13.8. The fourth-order valence-corrected chi connectivity index (χ4v) is 3.13. The molecule has 1 aromatic carbocycles. The average Bonchev–Trinajstić information content (AvgIpc) is 2.99. The Morgan fingerprint density at radius 3 is 2.92 bits per heavy atom. The summed E-state index contributed by atoms with van der Waals surface area (Å²) < 4.78 is 9.16. The second-order valence-electron chi connectivity index (χ2n) is 6.70. The Balaban J connectivity index is 1.53. The van der Waals surface area contributed by atoms with Gasteiger partial charge < -0.3 is 14.1 Å². The third-order valence-electron chi connectivity index (χ3n) is 4.67. The Labute approximate surface area is 142 Å². The van der Waals surface area contributed by atoms with E-state index in [1.165, 1.54) is 12.8 Å². The molecule has 5 rings (SSSR count). The van der Waals surface area contributed by atoms with Crippen LogP contribution in [0.15, 0.2) is 46.0 Å². The van der Waals surface area contributed by atoms with Crippen LogP contribution < -0.4 is 5.69 Å². The van der Waals surface area contributed by atoms with Gasteiger partial charge in [0.25, 0.3) is 5.89 Å². The van der Waals surface area contributed by atoms with E-state index in [0.29, 0.717) is 17.6 Å². The van der Waals surface area contributed by atoms with Gasteiger partial charge in [-0.05, 0) is 43.0 Å². The first kappa shape index (κ1) is 14.3. The van der Waals surface area contributed by atoms with Crippen LogP contribution in [-0.4, -0.2) is 24.3 Å². The van der Waals surface area contributed by atoms with Crippen LogP contribution in [0.3, 0.4) is 0 Å². The molecule has 1 N–H and O–H groups in total. The van der Waals surface area contributed by atoms with Crippen molar-refractivity contribution in [2.75, 3.05) is 0 Å². The average molecular weight is 335 g/mol. The minimum absolute atomic E-state index is 0.0606. The van der Waals surface area contributed by atoms with Gasteiger partial charge in [-0.2, -0.15) is 4.98 Å². The molecule has 126 valence electrons. The van der Waals surface area contributed by atoms with E-state index < -0.39 is 0 Å². The number of aromatic amines is 1. The van der Waals surface area contributed by atoms with E-state index >= 15 is 0 Å². The summed E-state index contributed by atoms with van der Waals surface area (Å²) >= 11 is 0. The molecule has 0 radical (unpaired) electrons. The summed E-state index contributed by atoms with van der Waals surface area (Å²) in [6, 6.07) is 7.69. The van der Waals surface area contributed by atoms with E-state index in [4.69, 9.17) is 4.52 Å². The first-order chi connectivity index (χ1) is 12.2.